The normalized spacial score (nSPS) is 21.5. The van der Waals surface area contributed by atoms with E-state index in [0.29, 0.717) is 13.2 Å². The number of esters is 1. The van der Waals surface area contributed by atoms with Gasteiger partial charge in [0.1, 0.15) is 12.1 Å². The quantitative estimate of drug-likeness (QED) is 0.635. The number of hydrogen-bond donors (Lipinski definition) is 2. The topological polar surface area (TPSA) is 76.7 Å². The highest BCUT2D eigenvalue weighted by Gasteiger charge is 2.25. The van der Waals surface area contributed by atoms with E-state index in [2.05, 4.69) is 15.4 Å². The Bertz CT molecular complexity index is 244. The molecule has 0 aliphatic carbocycles. The molecule has 0 unspecified atom stereocenters. The third-order valence-corrected chi connectivity index (χ3v) is 2.13. The van der Waals surface area contributed by atoms with E-state index >= 15 is 0 Å². The number of morpholine rings is 1. The smallest absolute Gasteiger partial charge is 0.328 e. The van der Waals surface area contributed by atoms with Crippen LogP contribution in [0.3, 0.4) is 0 Å². The molecule has 0 spiro atoms. The fourth-order valence-electron chi connectivity index (χ4n) is 1.28. The van der Waals surface area contributed by atoms with Crippen molar-refractivity contribution >= 4 is 24.3 Å². The van der Waals surface area contributed by atoms with E-state index < -0.39 is 18.1 Å². The van der Waals surface area contributed by atoms with Crippen molar-refractivity contribution in [3.8, 4) is 0 Å². The Kier molecular flexibility index (Phi) is 7.03. The first-order chi connectivity index (χ1) is 7.15. The molecule has 16 heavy (non-hydrogen) atoms. The molecule has 1 aliphatic rings. The molecule has 2 atom stereocenters. The van der Waals surface area contributed by atoms with Gasteiger partial charge in [-0.15, -0.1) is 12.4 Å². The molecule has 1 aliphatic heterocycles. The van der Waals surface area contributed by atoms with Crippen LogP contribution in [0.4, 0.5) is 0 Å². The molecule has 1 amide bonds. The summed E-state index contributed by atoms with van der Waals surface area (Å²) in [5.74, 6) is -0.757. The van der Waals surface area contributed by atoms with Gasteiger partial charge >= 0.3 is 5.97 Å². The largest absolute Gasteiger partial charge is 0.467 e. The van der Waals surface area contributed by atoms with Crippen LogP contribution in [0.25, 0.3) is 0 Å². The van der Waals surface area contributed by atoms with E-state index in [9.17, 15) is 9.59 Å². The standard InChI is InChI=1S/C9H16N2O4.ClH/c1-6(9(13)14-2)11-8(12)7-5-10-3-4-15-7;/h6-7,10H,3-5H2,1-2H3,(H,11,12);1H/t6-,7-;/m0./s1. The highest BCUT2D eigenvalue weighted by molar-refractivity contribution is 5.86. The number of ether oxygens (including phenoxy) is 2. The maximum Gasteiger partial charge on any atom is 0.328 e. The zero-order chi connectivity index (χ0) is 11.3. The van der Waals surface area contributed by atoms with Crippen molar-refractivity contribution < 1.29 is 19.1 Å². The molecule has 1 saturated heterocycles. The predicted octanol–water partition coefficient (Wildman–Crippen LogP) is -0.926. The van der Waals surface area contributed by atoms with E-state index in [-0.39, 0.29) is 18.3 Å². The van der Waals surface area contributed by atoms with Gasteiger partial charge in [0.25, 0.3) is 5.91 Å². The summed E-state index contributed by atoms with van der Waals surface area (Å²) in [6.07, 6.45) is -0.522. The third-order valence-electron chi connectivity index (χ3n) is 2.13. The summed E-state index contributed by atoms with van der Waals surface area (Å²) in [6, 6.07) is -0.645. The average Bonchev–Trinajstić information content (AvgIpc) is 2.29. The number of halogens is 1. The molecule has 0 radical (unpaired) electrons. The first kappa shape index (κ1) is 15.2. The lowest BCUT2D eigenvalue weighted by atomic mass is 10.2. The van der Waals surface area contributed by atoms with Gasteiger partial charge in [0.15, 0.2) is 0 Å². The van der Waals surface area contributed by atoms with E-state index in [1.54, 1.807) is 6.92 Å². The molecule has 7 heteroatoms. The molecule has 94 valence electrons. The van der Waals surface area contributed by atoms with Crippen LogP contribution in [0.1, 0.15) is 6.92 Å². The molecule has 0 aromatic rings. The second-order valence-corrected chi connectivity index (χ2v) is 3.32. The minimum absolute atomic E-state index is 0. The van der Waals surface area contributed by atoms with Crippen molar-refractivity contribution in [2.24, 2.45) is 0 Å². The van der Waals surface area contributed by atoms with Gasteiger partial charge in [0.2, 0.25) is 0 Å². The molecule has 0 aromatic heterocycles. The number of hydrogen-bond acceptors (Lipinski definition) is 5. The Hall–Kier alpha value is -0.850. The molecule has 6 nitrogen and oxygen atoms in total. The fraction of sp³-hybridized carbons (Fsp3) is 0.778. The average molecular weight is 253 g/mol. The minimum Gasteiger partial charge on any atom is -0.467 e. The van der Waals surface area contributed by atoms with Gasteiger partial charge in [0, 0.05) is 13.1 Å². The summed E-state index contributed by atoms with van der Waals surface area (Å²) < 4.78 is 9.72. The maximum atomic E-state index is 11.5. The Morgan fingerprint density at radius 2 is 2.25 bits per heavy atom. The molecule has 1 rings (SSSR count). The first-order valence-corrected chi connectivity index (χ1v) is 4.85. The van der Waals surface area contributed by atoms with E-state index in [1.165, 1.54) is 7.11 Å². The molecule has 2 N–H and O–H groups in total. The summed E-state index contributed by atoms with van der Waals surface area (Å²) in [6.45, 7) is 3.29. The van der Waals surface area contributed by atoms with Crippen LogP contribution in [0.2, 0.25) is 0 Å². The second-order valence-electron chi connectivity index (χ2n) is 3.32. The van der Waals surface area contributed by atoms with Crippen molar-refractivity contribution in [2.75, 3.05) is 26.8 Å². The summed E-state index contributed by atoms with van der Waals surface area (Å²) >= 11 is 0. The highest BCUT2D eigenvalue weighted by Crippen LogP contribution is 1.97. The Morgan fingerprint density at radius 3 is 2.75 bits per heavy atom. The summed E-state index contributed by atoms with van der Waals surface area (Å²) in [7, 11) is 1.28. The Labute approximate surface area is 100 Å². The number of amides is 1. The van der Waals surface area contributed by atoms with E-state index in [0.717, 1.165) is 6.54 Å². The Balaban J connectivity index is 0.00000225. The van der Waals surface area contributed by atoms with Crippen molar-refractivity contribution in [3.63, 3.8) is 0 Å². The number of rotatable bonds is 3. The van der Waals surface area contributed by atoms with Gasteiger partial charge in [-0.05, 0) is 6.92 Å². The van der Waals surface area contributed by atoms with Crippen LogP contribution in [0.15, 0.2) is 0 Å². The van der Waals surface area contributed by atoms with E-state index in [1.807, 2.05) is 0 Å². The Morgan fingerprint density at radius 1 is 1.56 bits per heavy atom. The maximum absolute atomic E-state index is 11.5. The van der Waals surface area contributed by atoms with Gasteiger partial charge in [-0.3, -0.25) is 4.79 Å². The third kappa shape index (κ3) is 4.34. The fourth-order valence-corrected chi connectivity index (χ4v) is 1.28. The lowest BCUT2D eigenvalue weighted by Crippen LogP contribution is -2.51. The molecular formula is C9H17ClN2O4. The second kappa shape index (κ2) is 7.43. The van der Waals surface area contributed by atoms with Gasteiger partial charge < -0.3 is 20.1 Å². The minimum atomic E-state index is -0.645. The van der Waals surface area contributed by atoms with Crippen LogP contribution >= 0.6 is 12.4 Å². The van der Waals surface area contributed by atoms with Crippen LogP contribution in [0, 0.1) is 0 Å². The van der Waals surface area contributed by atoms with Crippen LogP contribution in [0.5, 0.6) is 0 Å². The number of methoxy groups -OCH3 is 1. The lowest BCUT2D eigenvalue weighted by Gasteiger charge is -2.23. The first-order valence-electron chi connectivity index (χ1n) is 4.85. The van der Waals surface area contributed by atoms with Crippen molar-refractivity contribution in [2.45, 2.75) is 19.1 Å². The highest BCUT2D eigenvalue weighted by atomic mass is 35.5. The molecule has 1 fully saturated rings. The van der Waals surface area contributed by atoms with Crippen LogP contribution in [-0.4, -0.2) is 50.8 Å². The van der Waals surface area contributed by atoms with Crippen LogP contribution < -0.4 is 10.6 Å². The lowest BCUT2D eigenvalue weighted by molar-refractivity contribution is -0.146. The zero-order valence-corrected chi connectivity index (χ0v) is 10.1. The summed E-state index contributed by atoms with van der Waals surface area (Å²) in [5, 5.41) is 5.55. The van der Waals surface area contributed by atoms with Crippen molar-refractivity contribution in [3.05, 3.63) is 0 Å². The summed E-state index contributed by atoms with van der Waals surface area (Å²) in [4.78, 5) is 22.6. The molecule has 1 heterocycles. The number of nitrogens with one attached hydrogen (secondary N) is 2. The molecular weight excluding hydrogens is 236 g/mol. The van der Waals surface area contributed by atoms with Gasteiger partial charge in [-0.2, -0.15) is 0 Å². The summed E-state index contributed by atoms with van der Waals surface area (Å²) in [5.41, 5.74) is 0. The SMILES string of the molecule is COC(=O)[C@H](C)NC(=O)[C@@H]1CNCCO1.Cl. The van der Waals surface area contributed by atoms with Crippen molar-refractivity contribution in [1.82, 2.24) is 10.6 Å². The number of carbonyl (C=O) groups is 2. The predicted molar refractivity (Wildman–Crippen MR) is 59.5 cm³/mol. The van der Waals surface area contributed by atoms with E-state index in [4.69, 9.17) is 4.74 Å². The van der Waals surface area contributed by atoms with Crippen LogP contribution in [-0.2, 0) is 19.1 Å². The molecule has 0 aromatic carbocycles. The molecule has 0 saturated carbocycles. The van der Waals surface area contributed by atoms with Gasteiger partial charge in [0.05, 0.1) is 13.7 Å². The van der Waals surface area contributed by atoms with Crippen molar-refractivity contribution in [1.29, 1.82) is 0 Å². The monoisotopic (exact) mass is 252 g/mol. The number of carbonyl (C=O) groups excluding carboxylic acids is 2. The zero-order valence-electron chi connectivity index (χ0n) is 9.32. The molecule has 0 bridgehead atoms. The van der Waals surface area contributed by atoms with Gasteiger partial charge in [-0.25, -0.2) is 4.79 Å². The van der Waals surface area contributed by atoms with Gasteiger partial charge in [-0.1, -0.05) is 0 Å².